The number of hydrogen-bond donors (Lipinski definition) is 2. The van der Waals surface area contributed by atoms with E-state index in [1.165, 1.54) is 0 Å². The maximum Gasteiger partial charge on any atom is 0.419 e. The SMILES string of the molecule is N[C@H]1CCN(c2ncc(C(F)(F)F)cn2)C[C@H]1O. The molecule has 2 atom stereocenters. The molecule has 100 valence electrons. The van der Waals surface area contributed by atoms with Crippen LogP contribution in [0, 0.1) is 0 Å². The number of alkyl halides is 3. The molecule has 0 radical (unpaired) electrons. The fourth-order valence-corrected chi connectivity index (χ4v) is 1.76. The first-order valence-electron chi connectivity index (χ1n) is 5.46. The van der Waals surface area contributed by atoms with E-state index in [1.54, 1.807) is 4.90 Å². The quantitative estimate of drug-likeness (QED) is 0.766. The Hall–Kier alpha value is -1.41. The van der Waals surface area contributed by atoms with Crippen LogP contribution >= 0.6 is 0 Å². The van der Waals surface area contributed by atoms with E-state index < -0.39 is 17.8 Å². The van der Waals surface area contributed by atoms with Gasteiger partial charge in [0.1, 0.15) is 0 Å². The number of aliphatic hydroxyl groups is 1. The molecule has 0 spiro atoms. The van der Waals surface area contributed by atoms with Gasteiger partial charge in [0.2, 0.25) is 5.95 Å². The van der Waals surface area contributed by atoms with E-state index >= 15 is 0 Å². The molecule has 2 heterocycles. The molecule has 1 fully saturated rings. The Bertz CT molecular complexity index is 409. The number of halogens is 3. The molecular weight excluding hydrogens is 249 g/mol. The highest BCUT2D eigenvalue weighted by molar-refractivity contribution is 5.31. The molecule has 5 nitrogen and oxygen atoms in total. The lowest BCUT2D eigenvalue weighted by Crippen LogP contribution is -2.51. The summed E-state index contributed by atoms with van der Waals surface area (Å²) < 4.78 is 37.0. The van der Waals surface area contributed by atoms with E-state index in [9.17, 15) is 18.3 Å². The molecule has 1 aromatic heterocycles. The van der Waals surface area contributed by atoms with Crippen molar-refractivity contribution in [1.82, 2.24) is 9.97 Å². The van der Waals surface area contributed by atoms with Gasteiger partial charge in [0.05, 0.1) is 11.7 Å². The minimum absolute atomic E-state index is 0.175. The third-order valence-corrected chi connectivity index (χ3v) is 2.88. The van der Waals surface area contributed by atoms with Crippen molar-refractivity contribution in [3.8, 4) is 0 Å². The summed E-state index contributed by atoms with van der Waals surface area (Å²) in [6, 6.07) is -0.310. The first-order valence-corrected chi connectivity index (χ1v) is 5.46. The fourth-order valence-electron chi connectivity index (χ4n) is 1.76. The molecule has 0 unspecified atom stereocenters. The smallest absolute Gasteiger partial charge is 0.390 e. The van der Waals surface area contributed by atoms with Gasteiger partial charge in [-0.15, -0.1) is 0 Å². The van der Waals surface area contributed by atoms with Gasteiger partial charge in [-0.2, -0.15) is 13.2 Å². The van der Waals surface area contributed by atoms with E-state index in [4.69, 9.17) is 5.73 Å². The predicted octanol–water partition coefficient (Wildman–Crippen LogP) is 0.394. The van der Waals surface area contributed by atoms with E-state index in [-0.39, 0.29) is 18.5 Å². The van der Waals surface area contributed by atoms with Crippen LogP contribution in [0.2, 0.25) is 0 Å². The van der Waals surface area contributed by atoms with Crippen LogP contribution in [0.3, 0.4) is 0 Å². The van der Waals surface area contributed by atoms with Gasteiger partial charge in [0.25, 0.3) is 0 Å². The highest BCUT2D eigenvalue weighted by Gasteiger charge is 2.32. The molecule has 1 aromatic rings. The third-order valence-electron chi connectivity index (χ3n) is 2.88. The normalized spacial score (nSPS) is 25.3. The molecule has 18 heavy (non-hydrogen) atoms. The zero-order chi connectivity index (χ0) is 13.3. The summed E-state index contributed by atoms with van der Waals surface area (Å²) in [5.41, 5.74) is 4.75. The topological polar surface area (TPSA) is 75.3 Å². The molecular formula is C10H13F3N4O. The van der Waals surface area contributed by atoms with Crippen molar-refractivity contribution < 1.29 is 18.3 Å². The molecule has 8 heteroatoms. The van der Waals surface area contributed by atoms with Crippen molar-refractivity contribution in [2.75, 3.05) is 18.0 Å². The summed E-state index contributed by atoms with van der Waals surface area (Å²) in [6.45, 7) is 0.746. The van der Waals surface area contributed by atoms with Crippen molar-refractivity contribution in [3.63, 3.8) is 0 Å². The van der Waals surface area contributed by atoms with E-state index in [0.29, 0.717) is 13.0 Å². The number of β-amino-alcohol motifs (C(OH)–C–C–N with tert-alkyl or cyclic N) is 1. The van der Waals surface area contributed by atoms with E-state index in [1.807, 2.05) is 0 Å². The average Bonchev–Trinajstić information content (AvgIpc) is 2.32. The minimum Gasteiger partial charge on any atom is -0.390 e. The average molecular weight is 262 g/mol. The van der Waals surface area contributed by atoms with Crippen molar-refractivity contribution >= 4 is 5.95 Å². The molecule has 0 aliphatic carbocycles. The second-order valence-corrected chi connectivity index (χ2v) is 4.24. The number of nitrogens with zero attached hydrogens (tertiary/aromatic N) is 3. The number of rotatable bonds is 1. The maximum absolute atomic E-state index is 12.3. The Balaban J connectivity index is 2.11. The number of nitrogens with two attached hydrogens (primary N) is 1. The molecule has 1 aliphatic heterocycles. The van der Waals surface area contributed by atoms with Gasteiger partial charge in [-0.1, -0.05) is 0 Å². The molecule has 0 bridgehead atoms. The lowest BCUT2D eigenvalue weighted by Gasteiger charge is -2.33. The van der Waals surface area contributed by atoms with E-state index in [2.05, 4.69) is 9.97 Å². The third kappa shape index (κ3) is 2.70. The monoisotopic (exact) mass is 262 g/mol. The molecule has 0 amide bonds. The second-order valence-electron chi connectivity index (χ2n) is 4.24. The summed E-state index contributed by atoms with van der Waals surface area (Å²) in [4.78, 5) is 8.96. The molecule has 0 aromatic carbocycles. The Morgan fingerprint density at radius 2 is 1.94 bits per heavy atom. The number of aliphatic hydroxyl groups excluding tert-OH is 1. The summed E-state index contributed by atoms with van der Waals surface area (Å²) >= 11 is 0. The van der Waals surface area contributed by atoms with Crippen molar-refractivity contribution in [3.05, 3.63) is 18.0 Å². The zero-order valence-corrected chi connectivity index (χ0v) is 9.43. The van der Waals surface area contributed by atoms with Crippen LogP contribution in [0.4, 0.5) is 19.1 Å². The molecule has 3 N–H and O–H groups in total. The van der Waals surface area contributed by atoms with Crippen LogP contribution in [0.1, 0.15) is 12.0 Å². The van der Waals surface area contributed by atoms with Gasteiger partial charge >= 0.3 is 6.18 Å². The number of anilines is 1. The number of aromatic nitrogens is 2. The van der Waals surface area contributed by atoms with Crippen LogP contribution in [0.5, 0.6) is 0 Å². The zero-order valence-electron chi connectivity index (χ0n) is 9.43. The second kappa shape index (κ2) is 4.69. The lowest BCUT2D eigenvalue weighted by molar-refractivity contribution is -0.138. The molecule has 0 saturated carbocycles. The van der Waals surface area contributed by atoms with E-state index in [0.717, 1.165) is 12.4 Å². The van der Waals surface area contributed by atoms with Crippen LogP contribution in [0.15, 0.2) is 12.4 Å². The van der Waals surface area contributed by atoms with Gasteiger partial charge in [0.15, 0.2) is 0 Å². The van der Waals surface area contributed by atoms with Crippen LogP contribution in [-0.2, 0) is 6.18 Å². The number of hydrogen-bond acceptors (Lipinski definition) is 5. The van der Waals surface area contributed by atoms with Gasteiger partial charge in [0, 0.05) is 31.5 Å². The number of piperidine rings is 1. The summed E-state index contributed by atoms with van der Waals surface area (Å²) in [6.07, 6.45) is -3.13. The Labute approximate surface area is 101 Å². The Morgan fingerprint density at radius 3 is 2.44 bits per heavy atom. The molecule has 1 saturated heterocycles. The van der Waals surface area contributed by atoms with Gasteiger partial charge in [-0.25, -0.2) is 9.97 Å². The van der Waals surface area contributed by atoms with Gasteiger partial charge in [-0.05, 0) is 6.42 Å². The molecule has 1 aliphatic rings. The maximum atomic E-state index is 12.3. The highest BCUT2D eigenvalue weighted by Crippen LogP contribution is 2.28. The fraction of sp³-hybridized carbons (Fsp3) is 0.600. The first kappa shape index (κ1) is 13.0. The summed E-state index contributed by atoms with van der Waals surface area (Å²) in [7, 11) is 0. The standard InChI is InChI=1S/C10H13F3N4O/c11-10(12,13)6-3-15-9(16-4-6)17-2-1-7(14)8(18)5-17/h3-4,7-8,18H,1-2,5,14H2/t7-,8+/m0/s1. The Kier molecular flexibility index (Phi) is 3.40. The van der Waals surface area contributed by atoms with Crippen LogP contribution in [-0.4, -0.2) is 40.3 Å². The largest absolute Gasteiger partial charge is 0.419 e. The van der Waals surface area contributed by atoms with Crippen LogP contribution < -0.4 is 10.6 Å². The van der Waals surface area contributed by atoms with Crippen molar-refractivity contribution in [2.45, 2.75) is 24.7 Å². The molecule has 2 rings (SSSR count). The minimum atomic E-state index is -4.44. The van der Waals surface area contributed by atoms with Gasteiger partial charge < -0.3 is 15.7 Å². The Morgan fingerprint density at radius 1 is 1.33 bits per heavy atom. The summed E-state index contributed by atoms with van der Waals surface area (Å²) in [5.74, 6) is 0.175. The predicted molar refractivity (Wildman–Crippen MR) is 57.8 cm³/mol. The lowest BCUT2D eigenvalue weighted by atomic mass is 10.0. The first-order chi connectivity index (χ1) is 8.38. The summed E-state index contributed by atoms with van der Waals surface area (Å²) in [5, 5.41) is 9.59. The van der Waals surface area contributed by atoms with Crippen molar-refractivity contribution in [1.29, 1.82) is 0 Å². The van der Waals surface area contributed by atoms with Crippen molar-refractivity contribution in [2.24, 2.45) is 5.73 Å². The van der Waals surface area contributed by atoms with Crippen LogP contribution in [0.25, 0.3) is 0 Å². The highest BCUT2D eigenvalue weighted by atomic mass is 19.4. The van der Waals surface area contributed by atoms with Gasteiger partial charge in [-0.3, -0.25) is 0 Å².